The zero-order valence-corrected chi connectivity index (χ0v) is 13.3. The first-order valence-corrected chi connectivity index (χ1v) is 7.22. The monoisotopic (exact) mass is 287 g/mol. The van der Waals surface area contributed by atoms with Crippen molar-refractivity contribution in [2.45, 2.75) is 6.92 Å². The molecule has 2 rings (SSSR count). The summed E-state index contributed by atoms with van der Waals surface area (Å²) in [5.74, 6) is 0. The van der Waals surface area contributed by atoms with Gasteiger partial charge in [0.05, 0.1) is 5.71 Å². The third kappa shape index (κ3) is 3.15. The summed E-state index contributed by atoms with van der Waals surface area (Å²) in [7, 11) is 1.80. The number of hydrogen-bond donors (Lipinski definition) is 0. The van der Waals surface area contributed by atoms with Crippen LogP contribution in [0.15, 0.2) is 90.5 Å². The number of benzene rings is 2. The standard InChI is InChI=1S/C21H21N/c1-6-15(2)11-12-16(3)21(22-5)20-14-13-18-9-7-8-10-19(18)17(20)4/h6-14H,1-3H2,4-5H3/b12-11-,22-21?. The van der Waals surface area contributed by atoms with E-state index in [0.717, 1.165) is 22.4 Å². The third-order valence-corrected chi connectivity index (χ3v) is 3.74. The SMILES string of the molecule is C=CC(=C)/C=C\C(=C)C(=NC)c1ccc2ccccc2c1C. The highest BCUT2D eigenvalue weighted by atomic mass is 14.7. The van der Waals surface area contributed by atoms with Gasteiger partial charge in [-0.15, -0.1) is 0 Å². The molecule has 0 heterocycles. The maximum absolute atomic E-state index is 4.44. The normalized spacial score (nSPS) is 11.8. The van der Waals surface area contributed by atoms with E-state index in [1.54, 1.807) is 13.1 Å². The number of aryl methyl sites for hydroxylation is 1. The zero-order valence-electron chi connectivity index (χ0n) is 13.3. The minimum absolute atomic E-state index is 0.854. The van der Waals surface area contributed by atoms with Crippen molar-refractivity contribution in [1.82, 2.24) is 0 Å². The van der Waals surface area contributed by atoms with Crippen LogP contribution in [0.5, 0.6) is 0 Å². The minimum Gasteiger partial charge on any atom is -0.287 e. The molecule has 0 unspecified atom stereocenters. The quantitative estimate of drug-likeness (QED) is 0.514. The molecule has 2 aromatic rings. The average molecular weight is 287 g/mol. The average Bonchev–Trinajstić information content (AvgIpc) is 2.55. The van der Waals surface area contributed by atoms with Crippen molar-refractivity contribution >= 4 is 16.5 Å². The fraction of sp³-hybridized carbons (Fsp3) is 0.0952. The summed E-state index contributed by atoms with van der Waals surface area (Å²) in [6.45, 7) is 13.8. The second-order valence-corrected chi connectivity index (χ2v) is 5.17. The van der Waals surface area contributed by atoms with Crippen LogP contribution in [0.1, 0.15) is 11.1 Å². The number of rotatable bonds is 5. The molecular formula is C21H21N. The van der Waals surface area contributed by atoms with Crippen molar-refractivity contribution in [3.63, 3.8) is 0 Å². The van der Waals surface area contributed by atoms with Crippen molar-refractivity contribution in [1.29, 1.82) is 0 Å². The van der Waals surface area contributed by atoms with Gasteiger partial charge < -0.3 is 0 Å². The Balaban J connectivity index is 2.46. The molecule has 0 N–H and O–H groups in total. The lowest BCUT2D eigenvalue weighted by molar-refractivity contribution is 1.40. The minimum atomic E-state index is 0.854. The zero-order chi connectivity index (χ0) is 16.1. The molecule has 0 aliphatic rings. The molecule has 0 aliphatic carbocycles. The second kappa shape index (κ2) is 6.86. The second-order valence-electron chi connectivity index (χ2n) is 5.17. The van der Waals surface area contributed by atoms with Crippen LogP contribution in [0.3, 0.4) is 0 Å². The first-order valence-electron chi connectivity index (χ1n) is 7.22. The topological polar surface area (TPSA) is 12.4 Å². The van der Waals surface area contributed by atoms with Crippen LogP contribution < -0.4 is 0 Å². The van der Waals surface area contributed by atoms with Crippen LogP contribution in [0, 0.1) is 6.92 Å². The van der Waals surface area contributed by atoms with Gasteiger partial charge in [0.25, 0.3) is 0 Å². The highest BCUT2D eigenvalue weighted by Crippen LogP contribution is 2.24. The lowest BCUT2D eigenvalue weighted by Crippen LogP contribution is -2.05. The molecule has 2 aromatic carbocycles. The number of nitrogens with zero attached hydrogens (tertiary/aromatic N) is 1. The fourth-order valence-corrected chi connectivity index (χ4v) is 2.48. The Morgan fingerprint density at radius 3 is 2.45 bits per heavy atom. The summed E-state index contributed by atoms with van der Waals surface area (Å²) in [4.78, 5) is 4.44. The highest BCUT2D eigenvalue weighted by molar-refractivity contribution is 6.16. The van der Waals surface area contributed by atoms with Gasteiger partial charge in [-0.3, -0.25) is 4.99 Å². The maximum atomic E-state index is 4.44. The summed E-state index contributed by atoms with van der Waals surface area (Å²) < 4.78 is 0. The molecule has 0 aliphatic heterocycles. The Labute approximate surface area is 132 Å². The van der Waals surface area contributed by atoms with Crippen LogP contribution in [-0.4, -0.2) is 12.8 Å². The van der Waals surface area contributed by atoms with Crippen LogP contribution >= 0.6 is 0 Å². The van der Waals surface area contributed by atoms with Crippen molar-refractivity contribution < 1.29 is 0 Å². The first kappa shape index (κ1) is 15.7. The van der Waals surface area contributed by atoms with Crippen molar-refractivity contribution in [2.75, 3.05) is 7.05 Å². The predicted molar refractivity (Wildman–Crippen MR) is 98.8 cm³/mol. The van der Waals surface area contributed by atoms with Gasteiger partial charge in [-0.25, -0.2) is 0 Å². The van der Waals surface area contributed by atoms with Gasteiger partial charge in [0.15, 0.2) is 0 Å². The van der Waals surface area contributed by atoms with Crippen molar-refractivity contribution in [3.05, 3.63) is 96.6 Å². The Morgan fingerprint density at radius 2 is 1.77 bits per heavy atom. The Bertz CT molecular complexity index is 804. The third-order valence-electron chi connectivity index (χ3n) is 3.74. The van der Waals surface area contributed by atoms with Gasteiger partial charge >= 0.3 is 0 Å². The molecule has 0 spiro atoms. The molecule has 0 saturated heterocycles. The van der Waals surface area contributed by atoms with Gasteiger partial charge in [-0.05, 0) is 34.4 Å². The lowest BCUT2D eigenvalue weighted by atomic mass is 9.94. The van der Waals surface area contributed by atoms with E-state index in [2.05, 4.69) is 68.1 Å². The smallest absolute Gasteiger partial charge is 0.0712 e. The van der Waals surface area contributed by atoms with E-state index in [1.165, 1.54) is 16.3 Å². The molecule has 0 aromatic heterocycles. The summed E-state index contributed by atoms with van der Waals surface area (Å²) in [5, 5.41) is 2.48. The molecule has 110 valence electrons. The molecular weight excluding hydrogens is 266 g/mol. The molecule has 0 atom stereocenters. The van der Waals surface area contributed by atoms with E-state index < -0.39 is 0 Å². The molecule has 0 amide bonds. The van der Waals surface area contributed by atoms with E-state index in [0.29, 0.717) is 0 Å². The maximum Gasteiger partial charge on any atom is 0.0712 e. The lowest BCUT2D eigenvalue weighted by Gasteiger charge is -2.12. The van der Waals surface area contributed by atoms with Gasteiger partial charge in [0.2, 0.25) is 0 Å². The summed E-state index contributed by atoms with van der Waals surface area (Å²) in [5.41, 5.74) is 4.95. The van der Waals surface area contributed by atoms with E-state index in [9.17, 15) is 0 Å². The Kier molecular flexibility index (Phi) is 4.90. The molecule has 1 nitrogen and oxygen atoms in total. The Morgan fingerprint density at radius 1 is 1.05 bits per heavy atom. The van der Waals surface area contributed by atoms with E-state index in [1.807, 2.05) is 12.2 Å². The van der Waals surface area contributed by atoms with Crippen LogP contribution in [0.4, 0.5) is 0 Å². The van der Waals surface area contributed by atoms with E-state index >= 15 is 0 Å². The van der Waals surface area contributed by atoms with Crippen molar-refractivity contribution in [3.8, 4) is 0 Å². The molecule has 0 fully saturated rings. The predicted octanol–water partition coefficient (Wildman–Crippen LogP) is 5.42. The van der Waals surface area contributed by atoms with Gasteiger partial charge in [0.1, 0.15) is 0 Å². The van der Waals surface area contributed by atoms with Gasteiger partial charge in [0, 0.05) is 12.6 Å². The number of fused-ring (bicyclic) bond motifs is 1. The number of aliphatic imine (C=N–C) groups is 1. The Hall–Kier alpha value is -2.67. The van der Waals surface area contributed by atoms with Crippen LogP contribution in [-0.2, 0) is 0 Å². The first-order chi connectivity index (χ1) is 10.6. The van der Waals surface area contributed by atoms with E-state index in [4.69, 9.17) is 0 Å². The molecule has 0 bridgehead atoms. The molecule has 0 radical (unpaired) electrons. The summed E-state index contributed by atoms with van der Waals surface area (Å²) in [6.07, 6.45) is 5.55. The molecule has 22 heavy (non-hydrogen) atoms. The largest absolute Gasteiger partial charge is 0.287 e. The number of allylic oxidation sites excluding steroid dienone is 5. The van der Waals surface area contributed by atoms with E-state index in [-0.39, 0.29) is 0 Å². The molecule has 0 saturated carbocycles. The van der Waals surface area contributed by atoms with Crippen LogP contribution in [0.2, 0.25) is 0 Å². The fourth-order valence-electron chi connectivity index (χ4n) is 2.48. The van der Waals surface area contributed by atoms with Crippen molar-refractivity contribution in [2.24, 2.45) is 4.99 Å². The summed E-state index contributed by atoms with van der Waals surface area (Å²) in [6, 6.07) is 12.6. The van der Waals surface area contributed by atoms with Crippen LogP contribution in [0.25, 0.3) is 10.8 Å². The summed E-state index contributed by atoms with van der Waals surface area (Å²) >= 11 is 0. The number of hydrogen-bond acceptors (Lipinski definition) is 1. The van der Waals surface area contributed by atoms with Gasteiger partial charge in [-0.1, -0.05) is 74.4 Å². The molecule has 1 heteroatoms. The highest BCUT2D eigenvalue weighted by Gasteiger charge is 2.10. The van der Waals surface area contributed by atoms with Gasteiger partial charge in [-0.2, -0.15) is 0 Å².